The Morgan fingerprint density at radius 2 is 1.79 bits per heavy atom. The van der Waals surface area contributed by atoms with Crippen molar-refractivity contribution in [3.63, 3.8) is 0 Å². The van der Waals surface area contributed by atoms with Crippen LogP contribution >= 0.6 is 15.9 Å². The Bertz CT molecular complexity index is 629. The molecule has 0 spiro atoms. The van der Waals surface area contributed by atoms with E-state index in [4.69, 9.17) is 0 Å². The van der Waals surface area contributed by atoms with E-state index < -0.39 is 0 Å². The second-order valence-corrected chi connectivity index (χ2v) is 5.79. The monoisotopic (exact) mass is 316 g/mol. The first kappa shape index (κ1) is 14.0. The van der Waals surface area contributed by atoms with E-state index in [1.807, 2.05) is 31.2 Å². The molecule has 0 amide bonds. The van der Waals surface area contributed by atoms with E-state index in [1.165, 1.54) is 11.1 Å². The predicted molar refractivity (Wildman–Crippen MR) is 82.8 cm³/mol. The Balaban J connectivity index is 2.26. The third-order valence-corrected chi connectivity index (χ3v) is 4.36. The predicted octanol–water partition coefficient (Wildman–Crippen LogP) is 4.80. The van der Waals surface area contributed by atoms with Gasteiger partial charge in [0.25, 0.3) is 0 Å². The number of carbonyl (C=O) groups excluding carboxylic acids is 1. The number of ketones is 1. The molecule has 0 heterocycles. The number of carbonyl (C=O) groups is 1. The highest BCUT2D eigenvalue weighted by atomic mass is 79.9. The van der Waals surface area contributed by atoms with Gasteiger partial charge in [-0.15, -0.1) is 0 Å². The summed E-state index contributed by atoms with van der Waals surface area (Å²) >= 11 is 3.47. The molecule has 0 radical (unpaired) electrons. The zero-order valence-electron chi connectivity index (χ0n) is 11.5. The molecule has 0 saturated carbocycles. The molecule has 0 aliphatic heterocycles. The standard InChI is InChI=1S/C17H17BrO/c1-11-7-8-14(9-12(11)2)10-17(19)15-5-4-6-16(18)13(15)3/h4-9H,10H2,1-3H3. The van der Waals surface area contributed by atoms with Crippen molar-refractivity contribution >= 4 is 21.7 Å². The molecular formula is C17H17BrO. The van der Waals surface area contributed by atoms with Gasteiger partial charge in [-0.25, -0.2) is 0 Å². The van der Waals surface area contributed by atoms with E-state index >= 15 is 0 Å². The quantitative estimate of drug-likeness (QED) is 0.743. The molecule has 98 valence electrons. The van der Waals surface area contributed by atoms with Crippen LogP contribution in [0.4, 0.5) is 0 Å². The number of halogens is 1. The van der Waals surface area contributed by atoms with Gasteiger partial charge in [-0.2, -0.15) is 0 Å². The first-order valence-electron chi connectivity index (χ1n) is 6.33. The van der Waals surface area contributed by atoms with Gasteiger partial charge in [0.05, 0.1) is 0 Å². The molecule has 0 fully saturated rings. The van der Waals surface area contributed by atoms with Crippen molar-refractivity contribution in [3.8, 4) is 0 Å². The van der Waals surface area contributed by atoms with Crippen LogP contribution in [-0.4, -0.2) is 5.78 Å². The fourth-order valence-corrected chi connectivity index (χ4v) is 2.47. The van der Waals surface area contributed by atoms with Gasteiger partial charge in [-0.1, -0.05) is 46.3 Å². The van der Waals surface area contributed by atoms with Crippen molar-refractivity contribution in [2.45, 2.75) is 27.2 Å². The van der Waals surface area contributed by atoms with Crippen LogP contribution in [0.2, 0.25) is 0 Å². The topological polar surface area (TPSA) is 17.1 Å². The molecule has 0 unspecified atom stereocenters. The molecule has 0 atom stereocenters. The molecule has 0 aliphatic carbocycles. The average Bonchev–Trinajstić information content (AvgIpc) is 2.37. The Labute approximate surface area is 122 Å². The summed E-state index contributed by atoms with van der Waals surface area (Å²) in [4.78, 5) is 12.4. The van der Waals surface area contributed by atoms with E-state index in [0.717, 1.165) is 21.2 Å². The molecule has 2 heteroatoms. The van der Waals surface area contributed by atoms with E-state index in [1.54, 1.807) is 0 Å². The van der Waals surface area contributed by atoms with Crippen LogP contribution in [0.25, 0.3) is 0 Å². The lowest BCUT2D eigenvalue weighted by molar-refractivity contribution is 0.0992. The maximum absolute atomic E-state index is 12.4. The van der Waals surface area contributed by atoms with E-state index in [0.29, 0.717) is 6.42 Å². The van der Waals surface area contributed by atoms with E-state index in [2.05, 4.69) is 41.9 Å². The number of benzene rings is 2. The van der Waals surface area contributed by atoms with Crippen LogP contribution in [0, 0.1) is 20.8 Å². The van der Waals surface area contributed by atoms with Crippen molar-refractivity contribution in [2.24, 2.45) is 0 Å². The van der Waals surface area contributed by atoms with Crippen LogP contribution < -0.4 is 0 Å². The Morgan fingerprint density at radius 1 is 1.05 bits per heavy atom. The first-order valence-corrected chi connectivity index (χ1v) is 7.13. The van der Waals surface area contributed by atoms with Gasteiger partial charge in [0.1, 0.15) is 0 Å². The molecule has 1 nitrogen and oxygen atoms in total. The van der Waals surface area contributed by atoms with Crippen molar-refractivity contribution in [1.29, 1.82) is 0 Å². The Kier molecular flexibility index (Phi) is 4.20. The zero-order chi connectivity index (χ0) is 14.0. The molecule has 0 N–H and O–H groups in total. The highest BCUT2D eigenvalue weighted by molar-refractivity contribution is 9.10. The molecule has 2 rings (SSSR count). The Hall–Kier alpha value is -1.41. The number of hydrogen-bond acceptors (Lipinski definition) is 1. The molecule has 0 aliphatic rings. The van der Waals surface area contributed by atoms with Crippen molar-refractivity contribution in [2.75, 3.05) is 0 Å². The molecule has 0 bridgehead atoms. The van der Waals surface area contributed by atoms with Crippen LogP contribution in [-0.2, 0) is 6.42 Å². The fraction of sp³-hybridized carbons (Fsp3) is 0.235. The molecule has 2 aromatic carbocycles. The normalized spacial score (nSPS) is 10.5. The molecular weight excluding hydrogens is 300 g/mol. The second kappa shape index (κ2) is 5.70. The Morgan fingerprint density at radius 3 is 2.47 bits per heavy atom. The lowest BCUT2D eigenvalue weighted by atomic mass is 9.97. The number of hydrogen-bond donors (Lipinski definition) is 0. The summed E-state index contributed by atoms with van der Waals surface area (Å²) in [5, 5.41) is 0. The summed E-state index contributed by atoms with van der Waals surface area (Å²) in [7, 11) is 0. The third kappa shape index (κ3) is 3.13. The van der Waals surface area contributed by atoms with E-state index in [9.17, 15) is 4.79 Å². The van der Waals surface area contributed by atoms with Crippen LogP contribution in [0.5, 0.6) is 0 Å². The molecule has 0 saturated heterocycles. The maximum Gasteiger partial charge on any atom is 0.167 e. The van der Waals surface area contributed by atoms with Gasteiger partial charge in [-0.05, 0) is 49.1 Å². The summed E-state index contributed by atoms with van der Waals surface area (Å²) < 4.78 is 0.985. The number of Topliss-reactive ketones (excluding diaryl/α,β-unsaturated/α-hetero) is 1. The number of aryl methyl sites for hydroxylation is 2. The van der Waals surface area contributed by atoms with Crippen LogP contribution in [0.1, 0.15) is 32.6 Å². The van der Waals surface area contributed by atoms with Crippen molar-refractivity contribution in [3.05, 3.63) is 68.7 Å². The minimum Gasteiger partial charge on any atom is -0.294 e. The van der Waals surface area contributed by atoms with Crippen LogP contribution in [0.3, 0.4) is 0 Å². The van der Waals surface area contributed by atoms with Gasteiger partial charge < -0.3 is 0 Å². The third-order valence-electron chi connectivity index (χ3n) is 3.50. The van der Waals surface area contributed by atoms with Gasteiger partial charge in [0.15, 0.2) is 5.78 Å². The van der Waals surface area contributed by atoms with E-state index in [-0.39, 0.29) is 5.78 Å². The summed E-state index contributed by atoms with van der Waals surface area (Å²) in [5.74, 6) is 0.169. The highest BCUT2D eigenvalue weighted by Crippen LogP contribution is 2.21. The minimum atomic E-state index is 0.169. The minimum absolute atomic E-state index is 0.169. The fourth-order valence-electron chi connectivity index (χ4n) is 2.10. The molecule has 2 aromatic rings. The summed E-state index contributed by atoms with van der Waals surface area (Å²) in [6.07, 6.45) is 0.457. The molecule has 0 aromatic heterocycles. The smallest absolute Gasteiger partial charge is 0.167 e. The van der Waals surface area contributed by atoms with Crippen LogP contribution in [0.15, 0.2) is 40.9 Å². The largest absolute Gasteiger partial charge is 0.294 e. The van der Waals surface area contributed by atoms with Gasteiger partial charge in [-0.3, -0.25) is 4.79 Å². The van der Waals surface area contributed by atoms with Gasteiger partial charge >= 0.3 is 0 Å². The SMILES string of the molecule is Cc1ccc(CC(=O)c2cccc(Br)c2C)cc1C. The lowest BCUT2D eigenvalue weighted by Gasteiger charge is -2.08. The first-order chi connectivity index (χ1) is 8.99. The maximum atomic E-state index is 12.4. The molecule has 19 heavy (non-hydrogen) atoms. The summed E-state index contributed by atoms with van der Waals surface area (Å²) in [6.45, 7) is 6.13. The van der Waals surface area contributed by atoms with Gasteiger partial charge in [0.2, 0.25) is 0 Å². The summed E-state index contributed by atoms with van der Waals surface area (Å²) in [5.41, 5.74) is 5.38. The summed E-state index contributed by atoms with van der Waals surface area (Å²) in [6, 6.07) is 12.0. The van der Waals surface area contributed by atoms with Crippen molar-refractivity contribution in [1.82, 2.24) is 0 Å². The highest BCUT2D eigenvalue weighted by Gasteiger charge is 2.11. The van der Waals surface area contributed by atoms with Gasteiger partial charge in [0, 0.05) is 16.5 Å². The van der Waals surface area contributed by atoms with Crippen molar-refractivity contribution < 1.29 is 4.79 Å². The zero-order valence-corrected chi connectivity index (χ0v) is 13.0. The number of rotatable bonds is 3. The second-order valence-electron chi connectivity index (χ2n) is 4.93. The lowest BCUT2D eigenvalue weighted by Crippen LogP contribution is -2.06. The average molecular weight is 317 g/mol.